The Labute approximate surface area is 167 Å². The summed E-state index contributed by atoms with van der Waals surface area (Å²) in [5.74, 6) is -0.619. The number of hydrogen-bond donors (Lipinski definition) is 0. The van der Waals surface area contributed by atoms with Gasteiger partial charge < -0.3 is 9.47 Å². The molecule has 0 aromatic carbocycles. The van der Waals surface area contributed by atoms with Gasteiger partial charge in [-0.05, 0) is 46.5 Å². The van der Waals surface area contributed by atoms with Gasteiger partial charge in [0, 0.05) is 22.5 Å². The van der Waals surface area contributed by atoms with Crippen molar-refractivity contribution in [3.8, 4) is 0 Å². The molecule has 27 heavy (non-hydrogen) atoms. The molecule has 0 spiro atoms. The lowest BCUT2D eigenvalue weighted by Crippen LogP contribution is -2.33. The molecular formula is C23H42O4. The van der Waals surface area contributed by atoms with E-state index in [1.54, 1.807) is 6.92 Å². The predicted molar refractivity (Wildman–Crippen MR) is 113 cm³/mol. The molecule has 2 unspecified atom stereocenters. The van der Waals surface area contributed by atoms with Crippen LogP contribution in [0.25, 0.3) is 0 Å². The van der Waals surface area contributed by atoms with E-state index in [-0.39, 0.29) is 35.0 Å². The number of carbonyl (C=O) groups is 2. The van der Waals surface area contributed by atoms with E-state index in [2.05, 4.69) is 54.7 Å². The molecule has 158 valence electrons. The first kappa shape index (κ1) is 27.6. The van der Waals surface area contributed by atoms with E-state index >= 15 is 0 Å². The Balaban J connectivity index is 0. The van der Waals surface area contributed by atoms with Crippen molar-refractivity contribution in [3.63, 3.8) is 0 Å². The van der Waals surface area contributed by atoms with Crippen LogP contribution >= 0.6 is 0 Å². The van der Waals surface area contributed by atoms with Crippen LogP contribution in [0.15, 0.2) is 24.8 Å². The van der Waals surface area contributed by atoms with Crippen molar-refractivity contribution in [1.82, 2.24) is 0 Å². The second-order valence-electron chi connectivity index (χ2n) is 7.83. The van der Waals surface area contributed by atoms with Crippen LogP contribution in [-0.2, 0) is 19.1 Å². The molecule has 4 heteroatoms. The highest BCUT2D eigenvalue weighted by Crippen LogP contribution is 2.32. The van der Waals surface area contributed by atoms with E-state index in [4.69, 9.17) is 9.47 Å². The van der Waals surface area contributed by atoms with Gasteiger partial charge in [0.2, 0.25) is 0 Å². The van der Waals surface area contributed by atoms with Crippen LogP contribution in [-0.4, -0.2) is 24.1 Å². The normalized spacial score (nSPS) is 13.5. The molecule has 0 saturated carbocycles. The fraction of sp³-hybridized carbons (Fsp3) is 0.739. The lowest BCUT2D eigenvalue weighted by Gasteiger charge is -2.33. The number of esters is 2. The Morgan fingerprint density at radius 3 is 1.48 bits per heavy atom. The maximum Gasteiger partial charge on any atom is 0.333 e. The average molecular weight is 383 g/mol. The fourth-order valence-electron chi connectivity index (χ4n) is 2.42. The molecule has 0 bridgehead atoms. The van der Waals surface area contributed by atoms with Crippen molar-refractivity contribution < 1.29 is 19.1 Å². The van der Waals surface area contributed by atoms with Crippen LogP contribution < -0.4 is 0 Å². The average Bonchev–Trinajstić information content (AvgIpc) is 2.66. The Kier molecular flexibility index (Phi) is 13.0. The SMILES string of the molecule is C=C(C)C(=O)OC(C)C(C)(CC)CC.C=CC(=O)OC(C)C(C)(CC)CC. The summed E-state index contributed by atoms with van der Waals surface area (Å²) in [5.41, 5.74) is 0.621. The van der Waals surface area contributed by atoms with Gasteiger partial charge in [0.15, 0.2) is 0 Å². The van der Waals surface area contributed by atoms with Gasteiger partial charge in [-0.15, -0.1) is 0 Å². The molecule has 0 aliphatic carbocycles. The molecule has 0 rings (SSSR count). The number of hydrogen-bond acceptors (Lipinski definition) is 4. The summed E-state index contributed by atoms with van der Waals surface area (Å²) >= 11 is 0. The minimum Gasteiger partial charge on any atom is -0.459 e. The van der Waals surface area contributed by atoms with Gasteiger partial charge in [0.05, 0.1) is 0 Å². The molecule has 0 fully saturated rings. The smallest absolute Gasteiger partial charge is 0.333 e. The van der Waals surface area contributed by atoms with Crippen molar-refractivity contribution in [1.29, 1.82) is 0 Å². The monoisotopic (exact) mass is 382 g/mol. The molecular weight excluding hydrogens is 340 g/mol. The van der Waals surface area contributed by atoms with Gasteiger partial charge in [-0.2, -0.15) is 0 Å². The zero-order chi connectivity index (χ0) is 21.8. The third-order valence-corrected chi connectivity index (χ3v) is 6.29. The fourth-order valence-corrected chi connectivity index (χ4v) is 2.42. The third kappa shape index (κ3) is 9.25. The summed E-state index contributed by atoms with van der Waals surface area (Å²) in [6.45, 7) is 25.2. The summed E-state index contributed by atoms with van der Waals surface area (Å²) in [5, 5.41) is 0. The van der Waals surface area contributed by atoms with E-state index in [0.29, 0.717) is 5.57 Å². The number of ether oxygens (including phenoxy) is 2. The molecule has 0 aliphatic rings. The quantitative estimate of drug-likeness (QED) is 0.331. The standard InChI is InChI=1S/C12H22O2.C11H20O2/c1-7-12(6,8-2)10(5)14-11(13)9(3)4;1-6-10(12)13-9(4)11(5,7-2)8-3/h10H,3,7-8H2,1-2,4-6H3;6,9H,1,7-8H2,2-5H3. The van der Waals surface area contributed by atoms with E-state index in [9.17, 15) is 9.59 Å². The highest BCUT2D eigenvalue weighted by Gasteiger charge is 2.30. The third-order valence-electron chi connectivity index (χ3n) is 6.29. The summed E-state index contributed by atoms with van der Waals surface area (Å²) in [7, 11) is 0. The maximum atomic E-state index is 11.3. The zero-order valence-corrected chi connectivity index (χ0v) is 19.1. The first-order chi connectivity index (χ1) is 12.4. The highest BCUT2D eigenvalue weighted by atomic mass is 16.5. The first-order valence-corrected chi connectivity index (χ1v) is 10.1. The summed E-state index contributed by atoms with van der Waals surface area (Å²) < 4.78 is 10.5. The Bertz CT molecular complexity index is 485. The van der Waals surface area contributed by atoms with E-state index in [1.165, 1.54) is 6.08 Å². The number of rotatable bonds is 10. The van der Waals surface area contributed by atoms with Gasteiger partial charge >= 0.3 is 11.9 Å². The molecule has 0 amide bonds. The topological polar surface area (TPSA) is 52.6 Å². The Morgan fingerprint density at radius 1 is 0.889 bits per heavy atom. The van der Waals surface area contributed by atoms with Gasteiger partial charge in [-0.25, -0.2) is 9.59 Å². The maximum absolute atomic E-state index is 11.3. The summed E-state index contributed by atoms with van der Waals surface area (Å²) in [6.07, 6.45) is 5.14. The number of carbonyl (C=O) groups excluding carboxylic acids is 2. The molecule has 2 atom stereocenters. The van der Waals surface area contributed by atoms with Crippen LogP contribution in [0.4, 0.5) is 0 Å². The van der Waals surface area contributed by atoms with Crippen molar-refractivity contribution in [3.05, 3.63) is 24.8 Å². The predicted octanol–water partition coefficient (Wildman–Crippen LogP) is 6.25. The second kappa shape index (κ2) is 12.7. The highest BCUT2D eigenvalue weighted by molar-refractivity contribution is 5.87. The van der Waals surface area contributed by atoms with Gasteiger partial charge in [-0.1, -0.05) is 54.7 Å². The van der Waals surface area contributed by atoms with Crippen molar-refractivity contribution >= 4 is 11.9 Å². The zero-order valence-electron chi connectivity index (χ0n) is 19.1. The summed E-state index contributed by atoms with van der Waals surface area (Å²) in [6, 6.07) is 0. The van der Waals surface area contributed by atoms with Crippen molar-refractivity contribution in [2.24, 2.45) is 10.8 Å². The Morgan fingerprint density at radius 2 is 1.22 bits per heavy atom. The van der Waals surface area contributed by atoms with E-state index in [0.717, 1.165) is 25.7 Å². The van der Waals surface area contributed by atoms with Crippen LogP contribution in [0.2, 0.25) is 0 Å². The molecule has 0 radical (unpaired) electrons. The van der Waals surface area contributed by atoms with Gasteiger partial charge in [0.1, 0.15) is 12.2 Å². The van der Waals surface area contributed by atoms with Gasteiger partial charge in [-0.3, -0.25) is 0 Å². The lowest BCUT2D eigenvalue weighted by atomic mass is 9.80. The van der Waals surface area contributed by atoms with Crippen LogP contribution in [0, 0.1) is 10.8 Å². The minimum absolute atomic E-state index is 0.0481. The molecule has 0 aliphatic heterocycles. The van der Waals surface area contributed by atoms with Crippen molar-refractivity contribution in [2.45, 2.75) is 100 Å². The van der Waals surface area contributed by atoms with E-state index in [1.807, 2.05) is 13.8 Å². The minimum atomic E-state index is -0.333. The summed E-state index contributed by atoms with van der Waals surface area (Å²) in [4.78, 5) is 22.3. The van der Waals surface area contributed by atoms with Crippen LogP contribution in [0.3, 0.4) is 0 Å². The molecule has 0 aromatic heterocycles. The van der Waals surface area contributed by atoms with Crippen molar-refractivity contribution in [2.75, 3.05) is 0 Å². The molecule has 0 saturated heterocycles. The molecule has 0 heterocycles. The van der Waals surface area contributed by atoms with Gasteiger partial charge in [0.25, 0.3) is 0 Å². The molecule has 4 nitrogen and oxygen atoms in total. The van der Waals surface area contributed by atoms with Crippen LogP contribution in [0.5, 0.6) is 0 Å². The largest absolute Gasteiger partial charge is 0.459 e. The first-order valence-electron chi connectivity index (χ1n) is 10.1. The Hall–Kier alpha value is -1.58. The molecule has 0 aromatic rings. The second-order valence-corrected chi connectivity index (χ2v) is 7.83. The molecule has 0 N–H and O–H groups in total. The van der Waals surface area contributed by atoms with E-state index < -0.39 is 0 Å². The lowest BCUT2D eigenvalue weighted by molar-refractivity contribution is -0.150. The van der Waals surface area contributed by atoms with Crippen LogP contribution in [0.1, 0.15) is 88.0 Å².